The zero-order chi connectivity index (χ0) is 35.9. The highest BCUT2D eigenvalue weighted by molar-refractivity contribution is 6.72. The van der Waals surface area contributed by atoms with Crippen LogP contribution >= 0.6 is 0 Å². The highest BCUT2D eigenvalue weighted by Gasteiger charge is 2.66. The smallest absolute Gasteiger partial charge is 0.264 e. The van der Waals surface area contributed by atoms with Crippen molar-refractivity contribution in [3.05, 3.63) is 101 Å². The maximum absolute atomic E-state index is 16.3. The minimum Gasteiger partial charge on any atom is -0.497 e. The van der Waals surface area contributed by atoms with E-state index < -0.39 is 31.6 Å². The Bertz CT molecular complexity index is 1970. The topological polar surface area (TPSA) is 122 Å². The van der Waals surface area contributed by atoms with Crippen LogP contribution in [0.4, 0.5) is 15.5 Å². The van der Waals surface area contributed by atoms with Gasteiger partial charge in [-0.3, -0.25) is 14.3 Å². The molecule has 11 nitrogen and oxygen atoms in total. The van der Waals surface area contributed by atoms with Crippen molar-refractivity contribution in [2.24, 2.45) is 11.0 Å². The number of halogens is 1. The Balaban J connectivity index is 1.21. The Morgan fingerprint density at radius 3 is 2.61 bits per heavy atom. The van der Waals surface area contributed by atoms with Gasteiger partial charge in [-0.25, -0.2) is 5.01 Å². The number of aryl methyl sites for hydroxylation is 1. The number of hydrogen-bond acceptors (Lipinski definition) is 8. The number of carbonyl (C=O) groups excluding carboxylic acids is 2. The fraction of sp³-hybridized carbons (Fsp3) is 0.395. The number of fused-ring (bicyclic) bond motifs is 2. The number of aromatic nitrogens is 3. The number of anilines is 2. The number of aliphatic hydroxyl groups excluding tert-OH is 1. The van der Waals surface area contributed by atoms with Gasteiger partial charge in [-0.1, -0.05) is 54.6 Å². The van der Waals surface area contributed by atoms with E-state index in [1.807, 2.05) is 79.7 Å². The van der Waals surface area contributed by atoms with Crippen molar-refractivity contribution in [1.29, 1.82) is 0 Å². The van der Waals surface area contributed by atoms with Gasteiger partial charge >= 0.3 is 0 Å². The summed E-state index contributed by atoms with van der Waals surface area (Å²) < 4.78 is 30.5. The van der Waals surface area contributed by atoms with Crippen LogP contribution in [0, 0.1) is 5.92 Å². The lowest BCUT2D eigenvalue weighted by atomic mass is 9.82. The number of nitrogens with zero attached hydrogens (tertiary/aromatic N) is 6. The first-order valence-corrected chi connectivity index (χ1v) is 20.4. The Hall–Kier alpha value is -4.72. The van der Waals surface area contributed by atoms with Gasteiger partial charge in [0.2, 0.25) is 14.3 Å². The third-order valence-corrected chi connectivity index (χ3v) is 12.9. The molecule has 1 saturated heterocycles. The predicted octanol–water partition coefficient (Wildman–Crippen LogP) is 5.76. The summed E-state index contributed by atoms with van der Waals surface area (Å²) in [4.78, 5) is 29.7. The zero-order valence-corrected chi connectivity index (χ0v) is 30.3. The van der Waals surface area contributed by atoms with E-state index in [1.54, 1.807) is 36.0 Å². The summed E-state index contributed by atoms with van der Waals surface area (Å²) in [6.45, 7) is 5.90. The van der Waals surface area contributed by atoms with Crippen LogP contribution in [0.3, 0.4) is 0 Å². The van der Waals surface area contributed by atoms with Gasteiger partial charge in [0.05, 0.1) is 42.5 Å². The standard InChI is InChI=1S/C38H43FN6O5Si/c1-25-36(51(3,4)39)34(17-19-43-24-28(18-20-46)40-42-43)50-38(25)31-22-30(49-2)13-15-33(31)44(37(38)48)23-26-9-8-12-29(21-26)45-35(47)16-14-32(41-45)27-10-6-5-7-11-27/h5-13,15,21-22,24-25,34,36,46H,14,16-20,23H2,1-4H3/t25-,34+,36-,38+/m1/s1. The quantitative estimate of drug-likeness (QED) is 0.155. The first kappa shape index (κ1) is 34.7. The first-order chi connectivity index (χ1) is 24.5. The normalized spacial score (nSPS) is 23.3. The second-order valence-electron chi connectivity index (χ2n) is 14.1. The molecule has 13 heteroatoms. The molecule has 51 heavy (non-hydrogen) atoms. The lowest BCUT2D eigenvalue weighted by Crippen LogP contribution is -2.45. The SMILES string of the molecule is COc1ccc2c(c1)[C@]1(O[C@@H](CCn3cc(CCO)nn3)[C@H]([Si](C)(C)F)[C@H]1C)C(=O)N2Cc1cccc(N2N=C(c3ccccc3)CCC2=O)c1. The van der Waals surface area contributed by atoms with E-state index in [9.17, 15) is 14.7 Å². The number of benzene rings is 3. The van der Waals surface area contributed by atoms with Gasteiger partial charge in [0.25, 0.3) is 5.91 Å². The minimum atomic E-state index is -3.38. The largest absolute Gasteiger partial charge is 0.497 e. The molecule has 4 heterocycles. The van der Waals surface area contributed by atoms with Crippen LogP contribution < -0.4 is 14.6 Å². The lowest BCUT2D eigenvalue weighted by molar-refractivity contribution is -0.146. The summed E-state index contributed by atoms with van der Waals surface area (Å²) in [6, 6.07) is 22.9. The molecule has 1 N–H and O–H groups in total. The zero-order valence-electron chi connectivity index (χ0n) is 29.3. The Morgan fingerprint density at radius 2 is 1.86 bits per heavy atom. The van der Waals surface area contributed by atoms with E-state index >= 15 is 4.11 Å². The van der Waals surface area contributed by atoms with Crippen molar-refractivity contribution < 1.29 is 28.3 Å². The van der Waals surface area contributed by atoms with E-state index in [1.165, 1.54) is 5.01 Å². The maximum Gasteiger partial charge on any atom is 0.264 e. The molecular formula is C38H43FN6O5Si. The van der Waals surface area contributed by atoms with Crippen LogP contribution in [-0.2, 0) is 39.4 Å². The maximum atomic E-state index is 16.3. The molecule has 1 fully saturated rings. The van der Waals surface area contributed by atoms with Crippen LogP contribution in [0.1, 0.15) is 48.6 Å². The van der Waals surface area contributed by atoms with Crippen LogP contribution in [-0.4, -0.2) is 65.9 Å². The molecule has 1 aromatic heterocycles. The van der Waals surface area contributed by atoms with Crippen molar-refractivity contribution in [2.45, 2.75) is 76.0 Å². The van der Waals surface area contributed by atoms with Crippen molar-refractivity contribution in [1.82, 2.24) is 15.0 Å². The van der Waals surface area contributed by atoms with Crippen molar-refractivity contribution in [3.8, 4) is 5.75 Å². The van der Waals surface area contributed by atoms with Gasteiger partial charge in [-0.2, -0.15) is 5.10 Å². The van der Waals surface area contributed by atoms with Crippen molar-refractivity contribution in [2.75, 3.05) is 23.6 Å². The molecule has 0 saturated carbocycles. The van der Waals surface area contributed by atoms with Gasteiger partial charge in [-0.05, 0) is 61.0 Å². The highest BCUT2D eigenvalue weighted by atomic mass is 28.4. The number of carbonyl (C=O) groups is 2. The van der Waals surface area contributed by atoms with E-state index in [4.69, 9.17) is 14.6 Å². The first-order valence-electron chi connectivity index (χ1n) is 17.5. The second kappa shape index (κ2) is 13.8. The van der Waals surface area contributed by atoms with Gasteiger partial charge in [0, 0.05) is 55.6 Å². The van der Waals surface area contributed by atoms with Crippen molar-refractivity contribution >= 4 is 37.3 Å². The fourth-order valence-corrected chi connectivity index (χ4v) is 10.6. The lowest BCUT2D eigenvalue weighted by Gasteiger charge is -2.31. The van der Waals surface area contributed by atoms with Crippen LogP contribution in [0.2, 0.25) is 18.6 Å². The molecule has 4 atom stereocenters. The number of hydrazone groups is 1. The van der Waals surface area contributed by atoms with E-state index in [-0.39, 0.29) is 25.0 Å². The van der Waals surface area contributed by atoms with Gasteiger partial charge < -0.3 is 23.6 Å². The molecule has 3 aliphatic rings. The molecule has 3 aliphatic heterocycles. The number of rotatable bonds is 11. The number of aliphatic hydroxyl groups is 1. The fourth-order valence-electron chi connectivity index (χ4n) is 8.08. The Labute approximate surface area is 297 Å². The third kappa shape index (κ3) is 6.38. The summed E-state index contributed by atoms with van der Waals surface area (Å²) in [5.74, 6) is -0.244. The van der Waals surface area contributed by atoms with Gasteiger partial charge in [0.15, 0.2) is 5.60 Å². The molecule has 0 bridgehead atoms. The summed E-state index contributed by atoms with van der Waals surface area (Å²) >= 11 is 0. The molecule has 266 valence electrons. The van der Waals surface area contributed by atoms with Crippen LogP contribution in [0.5, 0.6) is 5.75 Å². The van der Waals surface area contributed by atoms with E-state index in [0.29, 0.717) is 60.6 Å². The number of amides is 2. The molecular weight excluding hydrogens is 668 g/mol. The average Bonchev–Trinajstić information content (AvgIpc) is 3.77. The summed E-state index contributed by atoms with van der Waals surface area (Å²) in [6.07, 6.45) is 2.96. The van der Waals surface area contributed by atoms with E-state index in [2.05, 4.69) is 10.3 Å². The van der Waals surface area contributed by atoms with Crippen molar-refractivity contribution in [3.63, 3.8) is 0 Å². The Morgan fingerprint density at radius 1 is 1.06 bits per heavy atom. The number of hydrogen-bond donors (Lipinski definition) is 1. The van der Waals surface area contributed by atoms with Gasteiger partial charge in [-0.15, -0.1) is 5.10 Å². The summed E-state index contributed by atoms with van der Waals surface area (Å²) in [5.41, 5.74) is 3.35. The predicted molar refractivity (Wildman–Crippen MR) is 194 cm³/mol. The average molecular weight is 711 g/mol. The second-order valence-corrected chi connectivity index (χ2v) is 17.9. The molecule has 0 unspecified atom stereocenters. The van der Waals surface area contributed by atoms with Crippen LogP contribution in [0.15, 0.2) is 84.1 Å². The molecule has 0 aliphatic carbocycles. The van der Waals surface area contributed by atoms with Gasteiger partial charge in [0.1, 0.15) is 5.75 Å². The van der Waals surface area contributed by atoms with E-state index in [0.717, 1.165) is 16.8 Å². The summed E-state index contributed by atoms with van der Waals surface area (Å²) in [7, 11) is -1.80. The summed E-state index contributed by atoms with van der Waals surface area (Å²) in [5, 5.41) is 23.8. The number of ether oxygens (including phenoxy) is 2. The minimum absolute atomic E-state index is 0.0283. The molecule has 2 amide bonds. The van der Waals surface area contributed by atoms with Crippen LogP contribution in [0.25, 0.3) is 0 Å². The number of methoxy groups -OCH3 is 1. The monoisotopic (exact) mass is 710 g/mol. The molecule has 0 radical (unpaired) electrons. The molecule has 1 spiro atoms. The molecule has 4 aromatic rings. The molecule has 7 rings (SSSR count). The molecule has 3 aromatic carbocycles. The highest BCUT2D eigenvalue weighted by Crippen LogP contribution is 2.60. The Kier molecular flexibility index (Phi) is 9.38. The third-order valence-electron chi connectivity index (χ3n) is 10.4.